The summed E-state index contributed by atoms with van der Waals surface area (Å²) in [5.41, 5.74) is 0.882. The number of carbonyl (C=O) groups is 2. The molecule has 0 bridgehead atoms. The number of piperazine rings is 1. The molecule has 3 aromatic rings. The van der Waals surface area contributed by atoms with E-state index in [9.17, 15) is 9.59 Å². The van der Waals surface area contributed by atoms with E-state index < -0.39 is 0 Å². The van der Waals surface area contributed by atoms with E-state index in [-0.39, 0.29) is 17.6 Å². The highest BCUT2D eigenvalue weighted by Crippen LogP contribution is 2.22. The summed E-state index contributed by atoms with van der Waals surface area (Å²) in [5, 5.41) is 11.0. The molecule has 1 fully saturated rings. The molecule has 1 aliphatic rings. The maximum Gasteiger partial charge on any atom is 0.264 e. The van der Waals surface area contributed by atoms with Gasteiger partial charge in [0.15, 0.2) is 11.0 Å². The molecule has 0 atom stereocenters. The number of rotatable bonds is 5. The summed E-state index contributed by atoms with van der Waals surface area (Å²) in [7, 11) is 1.88. The van der Waals surface area contributed by atoms with E-state index in [4.69, 9.17) is 0 Å². The third-order valence-corrected chi connectivity index (χ3v) is 6.59. The molecule has 150 valence electrons. The lowest BCUT2D eigenvalue weighted by Gasteiger charge is -2.34. The number of hydrogen-bond donors (Lipinski definition) is 0. The van der Waals surface area contributed by atoms with E-state index in [2.05, 4.69) is 15.2 Å². The first kappa shape index (κ1) is 19.6. The SMILES string of the molecule is Cn1c(SCC(=O)N2CCN(C(=O)c3cccs3)CC2)nnc1-c1cccnc1. The van der Waals surface area contributed by atoms with E-state index in [1.165, 1.54) is 23.1 Å². The average molecular weight is 429 g/mol. The normalized spacial score (nSPS) is 14.2. The van der Waals surface area contributed by atoms with E-state index in [0.29, 0.717) is 37.2 Å². The van der Waals surface area contributed by atoms with Crippen LogP contribution in [0.3, 0.4) is 0 Å². The Morgan fingerprint density at radius 2 is 1.90 bits per heavy atom. The molecule has 0 saturated carbocycles. The Labute approximate surface area is 176 Å². The Morgan fingerprint density at radius 1 is 1.10 bits per heavy atom. The van der Waals surface area contributed by atoms with Crippen LogP contribution in [0.2, 0.25) is 0 Å². The van der Waals surface area contributed by atoms with E-state index in [1.807, 2.05) is 51.1 Å². The molecule has 2 amide bonds. The fraction of sp³-hybridized carbons (Fsp3) is 0.316. The lowest BCUT2D eigenvalue weighted by molar-refractivity contribution is -0.129. The second-order valence-electron chi connectivity index (χ2n) is 6.55. The number of aromatic nitrogens is 4. The Kier molecular flexibility index (Phi) is 5.91. The Balaban J connectivity index is 1.30. The zero-order chi connectivity index (χ0) is 20.2. The first-order valence-electron chi connectivity index (χ1n) is 9.16. The minimum Gasteiger partial charge on any atom is -0.338 e. The van der Waals surface area contributed by atoms with Crippen LogP contribution in [0.1, 0.15) is 9.67 Å². The fourth-order valence-electron chi connectivity index (χ4n) is 3.12. The van der Waals surface area contributed by atoms with Gasteiger partial charge in [-0.3, -0.25) is 14.6 Å². The first-order valence-corrected chi connectivity index (χ1v) is 11.0. The topological polar surface area (TPSA) is 84.2 Å². The van der Waals surface area contributed by atoms with E-state index in [0.717, 1.165) is 10.4 Å². The Bertz CT molecular complexity index is 982. The van der Waals surface area contributed by atoms with Gasteiger partial charge >= 0.3 is 0 Å². The fourth-order valence-corrected chi connectivity index (χ4v) is 4.62. The number of carbonyl (C=O) groups excluding carboxylic acids is 2. The molecule has 0 spiro atoms. The summed E-state index contributed by atoms with van der Waals surface area (Å²) in [6, 6.07) is 7.49. The molecule has 8 nitrogen and oxygen atoms in total. The van der Waals surface area contributed by atoms with Crippen molar-refractivity contribution >= 4 is 34.9 Å². The number of thioether (sulfide) groups is 1. The summed E-state index contributed by atoms with van der Waals surface area (Å²) in [6.45, 7) is 2.22. The van der Waals surface area contributed by atoms with Crippen LogP contribution >= 0.6 is 23.1 Å². The standard InChI is InChI=1S/C19H20N6O2S2/c1-23-17(14-4-2-6-20-12-14)21-22-19(23)29-13-16(26)24-7-9-25(10-8-24)18(27)15-5-3-11-28-15/h2-6,11-12H,7-10,13H2,1H3. The predicted octanol–water partition coefficient (Wildman–Crippen LogP) is 2.02. The highest BCUT2D eigenvalue weighted by molar-refractivity contribution is 7.99. The van der Waals surface area contributed by atoms with Gasteiger partial charge in [-0.25, -0.2) is 0 Å². The molecule has 0 unspecified atom stereocenters. The second kappa shape index (κ2) is 8.75. The molecule has 0 aromatic carbocycles. The minimum atomic E-state index is 0.0449. The molecule has 4 heterocycles. The molecule has 3 aromatic heterocycles. The number of pyridine rings is 1. The van der Waals surface area contributed by atoms with Gasteiger partial charge in [-0.2, -0.15) is 0 Å². The van der Waals surface area contributed by atoms with Gasteiger partial charge in [-0.15, -0.1) is 21.5 Å². The van der Waals surface area contributed by atoms with Crippen molar-refractivity contribution in [1.82, 2.24) is 29.5 Å². The van der Waals surface area contributed by atoms with E-state index >= 15 is 0 Å². The smallest absolute Gasteiger partial charge is 0.264 e. The quantitative estimate of drug-likeness (QED) is 0.578. The summed E-state index contributed by atoms with van der Waals surface area (Å²) in [5.74, 6) is 1.10. The van der Waals surface area contributed by atoms with Crippen molar-refractivity contribution in [2.24, 2.45) is 7.05 Å². The number of thiophene rings is 1. The zero-order valence-electron chi connectivity index (χ0n) is 15.9. The van der Waals surface area contributed by atoms with Crippen molar-refractivity contribution in [3.8, 4) is 11.4 Å². The van der Waals surface area contributed by atoms with Crippen molar-refractivity contribution in [1.29, 1.82) is 0 Å². The maximum atomic E-state index is 12.6. The molecule has 1 saturated heterocycles. The van der Waals surface area contributed by atoms with Crippen molar-refractivity contribution in [3.63, 3.8) is 0 Å². The number of nitrogens with zero attached hydrogens (tertiary/aromatic N) is 6. The zero-order valence-corrected chi connectivity index (χ0v) is 17.5. The van der Waals surface area contributed by atoms with E-state index in [1.54, 1.807) is 12.4 Å². The number of amides is 2. The third kappa shape index (κ3) is 4.33. The molecule has 1 aliphatic heterocycles. The van der Waals surface area contributed by atoms with Gasteiger partial charge in [0.1, 0.15) is 0 Å². The summed E-state index contributed by atoms with van der Waals surface area (Å²) in [6.07, 6.45) is 3.45. The average Bonchev–Trinajstić information content (AvgIpc) is 3.42. The molecule has 29 heavy (non-hydrogen) atoms. The molecule has 4 rings (SSSR count). The van der Waals surface area contributed by atoms with Crippen LogP contribution in [0.15, 0.2) is 47.2 Å². The van der Waals surface area contributed by atoms with Crippen molar-refractivity contribution < 1.29 is 9.59 Å². The van der Waals surface area contributed by atoms with Crippen LogP contribution in [-0.2, 0) is 11.8 Å². The van der Waals surface area contributed by atoms with Crippen molar-refractivity contribution in [2.45, 2.75) is 5.16 Å². The Hall–Kier alpha value is -2.72. The molecule has 0 radical (unpaired) electrons. The van der Waals surface area contributed by atoms with Crippen LogP contribution in [0, 0.1) is 0 Å². The van der Waals surface area contributed by atoms with Gasteiger partial charge in [-0.05, 0) is 23.6 Å². The maximum absolute atomic E-state index is 12.6. The van der Waals surface area contributed by atoms with Gasteiger partial charge in [-0.1, -0.05) is 17.8 Å². The van der Waals surface area contributed by atoms with Crippen LogP contribution in [0.25, 0.3) is 11.4 Å². The van der Waals surface area contributed by atoms with Gasteiger partial charge in [0.05, 0.1) is 10.6 Å². The third-order valence-electron chi connectivity index (χ3n) is 4.73. The molecular formula is C19H20N6O2S2. The van der Waals surface area contributed by atoms with Crippen molar-refractivity contribution in [3.05, 3.63) is 46.9 Å². The van der Waals surface area contributed by atoms with Gasteiger partial charge in [0.25, 0.3) is 5.91 Å². The van der Waals surface area contributed by atoms with Crippen LogP contribution in [0.4, 0.5) is 0 Å². The van der Waals surface area contributed by atoms with Crippen LogP contribution in [0.5, 0.6) is 0 Å². The largest absolute Gasteiger partial charge is 0.338 e. The van der Waals surface area contributed by atoms with Gasteiger partial charge in [0, 0.05) is 51.2 Å². The summed E-state index contributed by atoms with van der Waals surface area (Å²) < 4.78 is 1.87. The Morgan fingerprint density at radius 3 is 2.59 bits per heavy atom. The van der Waals surface area contributed by atoms with Crippen LogP contribution in [-0.4, -0.2) is 73.3 Å². The highest BCUT2D eigenvalue weighted by atomic mass is 32.2. The van der Waals surface area contributed by atoms with Crippen molar-refractivity contribution in [2.75, 3.05) is 31.9 Å². The summed E-state index contributed by atoms with van der Waals surface area (Å²) >= 11 is 2.81. The molecule has 0 N–H and O–H groups in total. The lowest BCUT2D eigenvalue weighted by atomic mass is 10.3. The first-order chi connectivity index (χ1) is 14.1. The minimum absolute atomic E-state index is 0.0449. The monoisotopic (exact) mass is 428 g/mol. The van der Waals surface area contributed by atoms with Crippen LogP contribution < -0.4 is 0 Å². The molecular weight excluding hydrogens is 408 g/mol. The van der Waals surface area contributed by atoms with Gasteiger partial charge in [0.2, 0.25) is 5.91 Å². The predicted molar refractivity (Wildman–Crippen MR) is 112 cm³/mol. The molecule has 0 aliphatic carbocycles. The van der Waals surface area contributed by atoms with Gasteiger partial charge < -0.3 is 14.4 Å². The summed E-state index contributed by atoms with van der Waals surface area (Å²) in [4.78, 5) is 33.5. The lowest BCUT2D eigenvalue weighted by Crippen LogP contribution is -2.51. The highest BCUT2D eigenvalue weighted by Gasteiger charge is 2.25. The molecule has 10 heteroatoms. The number of hydrogen-bond acceptors (Lipinski definition) is 7. The second-order valence-corrected chi connectivity index (χ2v) is 8.44.